The molecule has 1 fully saturated rings. The van der Waals surface area contributed by atoms with Gasteiger partial charge in [-0.25, -0.2) is 0 Å². The summed E-state index contributed by atoms with van der Waals surface area (Å²) in [6.45, 7) is 0. The number of benzene rings is 8. The second kappa shape index (κ2) is 15.9. The number of methoxy groups -OCH3 is 1. The number of fused-ring (bicyclic) bond motifs is 4. The molecule has 1 N–H and O–H groups in total. The maximum atomic E-state index is 12.1. The minimum Gasteiger partial charge on any atom is -0.507 e. The second-order valence-electron chi connectivity index (χ2n) is 15.9. The van der Waals surface area contributed by atoms with Gasteiger partial charge in [0.2, 0.25) is 0 Å². The van der Waals surface area contributed by atoms with Gasteiger partial charge in [0.05, 0.1) is 19.2 Å². The monoisotopic (exact) mass is 766 g/mol. The van der Waals surface area contributed by atoms with Crippen molar-refractivity contribution in [3.8, 4) is 44.9 Å². The van der Waals surface area contributed by atoms with Crippen LogP contribution in [0.2, 0.25) is 0 Å². The number of ether oxygens (including phenoxy) is 1. The number of phenols is 1. The first kappa shape index (κ1) is 36.6. The Labute approximate surface area is 345 Å². The highest BCUT2D eigenvalue weighted by Gasteiger charge is 2.26. The Hall–Kier alpha value is -6.78. The van der Waals surface area contributed by atoms with E-state index in [0.717, 1.165) is 110 Å². The summed E-state index contributed by atoms with van der Waals surface area (Å²) in [5, 5.41) is 18.8. The molecule has 10 rings (SSSR count). The van der Waals surface area contributed by atoms with Crippen LogP contribution >= 0.6 is 0 Å². The zero-order valence-electron chi connectivity index (χ0n) is 33.3. The quantitative estimate of drug-likeness (QED) is 0.124. The summed E-state index contributed by atoms with van der Waals surface area (Å²) in [5.41, 5.74) is 10.8. The first-order valence-electron chi connectivity index (χ1n) is 20.9. The fourth-order valence-corrected chi connectivity index (χ4v) is 9.55. The summed E-state index contributed by atoms with van der Waals surface area (Å²) in [6.07, 6.45) is 14.3. The van der Waals surface area contributed by atoms with Crippen LogP contribution in [-0.2, 0) is 12.8 Å². The molecule has 1 saturated carbocycles. The van der Waals surface area contributed by atoms with E-state index >= 15 is 0 Å². The van der Waals surface area contributed by atoms with Gasteiger partial charge in [0.1, 0.15) is 11.5 Å². The lowest BCUT2D eigenvalue weighted by molar-refractivity contribution is 0.389. The molecular formula is C55H46N2O2. The summed E-state index contributed by atoms with van der Waals surface area (Å²) in [7, 11) is 1.78. The molecule has 4 heteroatoms. The maximum Gasteiger partial charge on any atom is 0.136 e. The van der Waals surface area contributed by atoms with Crippen LogP contribution in [-0.4, -0.2) is 36.7 Å². The molecule has 8 aromatic carbocycles. The van der Waals surface area contributed by atoms with Crippen LogP contribution in [0.3, 0.4) is 0 Å². The molecule has 0 aliphatic heterocycles. The standard InChI is InChI=1S/C55H46N2O2/c1-59-55-42(33-40-21-8-12-26-46(40)53(55)51-44-24-10-6-19-38(44)30-31-47(51)37-16-3-2-4-17-37)35-57-50-29-14-13-28-49(50)56-34-41-32-39-20-7-11-25-45(39)52(54(41)58)48-27-15-22-36-18-5-9-23-43(36)48/h2-12,15-17,19-22,24-27,30-35,49-50,58H,13-14,18,23,28-29H2,1H3/t49-,50?/m0/s1. The summed E-state index contributed by atoms with van der Waals surface area (Å²) in [6, 6.07) is 51.4. The average molecular weight is 767 g/mol. The highest BCUT2D eigenvalue weighted by atomic mass is 16.5. The number of allylic oxidation sites excluding steroid dienone is 2. The molecule has 0 saturated heterocycles. The highest BCUT2D eigenvalue weighted by molar-refractivity contribution is 6.14. The number of aromatic hydroxyl groups is 1. The van der Waals surface area contributed by atoms with Gasteiger partial charge in [0.25, 0.3) is 0 Å². The Morgan fingerprint density at radius 1 is 0.542 bits per heavy atom. The lowest BCUT2D eigenvalue weighted by Crippen LogP contribution is -2.27. The van der Waals surface area contributed by atoms with E-state index < -0.39 is 0 Å². The SMILES string of the molecule is COc1c(C=NC2CCCC[C@@H]2N=Cc2cc3ccccc3c(-c3cccc4c3CC=CC4)c2O)cc2ccccc2c1-c1c(-c2ccccc2)ccc2ccccc12. The van der Waals surface area contributed by atoms with Crippen LogP contribution in [0, 0.1) is 0 Å². The Kier molecular flexibility index (Phi) is 9.83. The molecule has 8 aromatic rings. The molecule has 2 aliphatic rings. The number of hydrogen-bond donors (Lipinski definition) is 1. The molecule has 0 heterocycles. The summed E-state index contributed by atoms with van der Waals surface area (Å²) in [5.74, 6) is 1.09. The molecular weight excluding hydrogens is 721 g/mol. The van der Waals surface area contributed by atoms with E-state index in [1.165, 1.54) is 21.9 Å². The van der Waals surface area contributed by atoms with Gasteiger partial charge >= 0.3 is 0 Å². The average Bonchev–Trinajstić information content (AvgIpc) is 3.30. The summed E-state index contributed by atoms with van der Waals surface area (Å²) < 4.78 is 6.43. The minimum absolute atomic E-state index is 0.00735. The third-order valence-corrected chi connectivity index (χ3v) is 12.4. The van der Waals surface area contributed by atoms with Crippen molar-refractivity contribution in [2.75, 3.05) is 7.11 Å². The molecule has 2 aliphatic carbocycles. The van der Waals surface area contributed by atoms with Gasteiger partial charge in [-0.05, 0) is 98.0 Å². The Morgan fingerprint density at radius 2 is 1.14 bits per heavy atom. The van der Waals surface area contributed by atoms with Gasteiger partial charge in [0.15, 0.2) is 0 Å². The van der Waals surface area contributed by atoms with Gasteiger partial charge in [0, 0.05) is 40.2 Å². The van der Waals surface area contributed by atoms with E-state index in [4.69, 9.17) is 14.7 Å². The van der Waals surface area contributed by atoms with E-state index in [0.29, 0.717) is 0 Å². The van der Waals surface area contributed by atoms with Crippen LogP contribution in [0.4, 0.5) is 0 Å². The van der Waals surface area contributed by atoms with Crippen LogP contribution in [0.1, 0.15) is 47.9 Å². The fourth-order valence-electron chi connectivity index (χ4n) is 9.55. The normalized spacial score (nSPS) is 16.7. The molecule has 59 heavy (non-hydrogen) atoms. The van der Waals surface area contributed by atoms with E-state index in [-0.39, 0.29) is 17.8 Å². The van der Waals surface area contributed by atoms with Gasteiger partial charge in [-0.3, -0.25) is 9.98 Å². The summed E-state index contributed by atoms with van der Waals surface area (Å²) in [4.78, 5) is 10.6. The van der Waals surface area contributed by atoms with Gasteiger partial charge < -0.3 is 9.84 Å². The molecule has 0 aromatic heterocycles. The predicted octanol–water partition coefficient (Wildman–Crippen LogP) is 13.4. The van der Waals surface area contributed by atoms with Crippen molar-refractivity contribution in [1.82, 2.24) is 0 Å². The lowest BCUT2D eigenvalue weighted by atomic mass is 9.86. The molecule has 2 atom stereocenters. The molecule has 0 spiro atoms. The van der Waals surface area contributed by atoms with Crippen molar-refractivity contribution in [3.05, 3.63) is 180 Å². The lowest BCUT2D eigenvalue weighted by Gasteiger charge is -2.26. The molecule has 0 amide bonds. The van der Waals surface area contributed by atoms with Crippen molar-refractivity contribution in [3.63, 3.8) is 0 Å². The first-order chi connectivity index (χ1) is 29.2. The number of nitrogens with zero attached hydrogens (tertiary/aromatic N) is 2. The predicted molar refractivity (Wildman–Crippen MR) is 248 cm³/mol. The van der Waals surface area contributed by atoms with Crippen molar-refractivity contribution >= 4 is 44.7 Å². The van der Waals surface area contributed by atoms with Crippen LogP contribution < -0.4 is 4.74 Å². The molecule has 1 unspecified atom stereocenters. The molecule has 288 valence electrons. The molecule has 4 nitrogen and oxygen atoms in total. The minimum atomic E-state index is -0.0161. The Morgan fingerprint density at radius 3 is 1.85 bits per heavy atom. The van der Waals surface area contributed by atoms with Gasteiger partial charge in [-0.1, -0.05) is 158 Å². The first-order valence-corrected chi connectivity index (χ1v) is 20.9. The fraction of sp³-hybridized carbons (Fsp3) is 0.164. The Bertz CT molecular complexity index is 2960. The zero-order chi connectivity index (χ0) is 39.7. The van der Waals surface area contributed by atoms with Crippen molar-refractivity contribution in [2.24, 2.45) is 9.98 Å². The van der Waals surface area contributed by atoms with E-state index in [2.05, 4.69) is 158 Å². The Balaban J connectivity index is 1.06. The topological polar surface area (TPSA) is 54.2 Å². The number of rotatable bonds is 8. The number of phenolic OH excluding ortho intramolecular Hbond substituents is 1. The highest BCUT2D eigenvalue weighted by Crippen LogP contribution is 2.47. The van der Waals surface area contributed by atoms with Crippen LogP contribution in [0.25, 0.3) is 65.7 Å². The second-order valence-corrected chi connectivity index (χ2v) is 15.9. The van der Waals surface area contributed by atoms with Gasteiger partial charge in [-0.15, -0.1) is 0 Å². The maximum absolute atomic E-state index is 12.1. The zero-order valence-corrected chi connectivity index (χ0v) is 33.3. The van der Waals surface area contributed by atoms with Crippen molar-refractivity contribution in [1.29, 1.82) is 0 Å². The van der Waals surface area contributed by atoms with Crippen LogP contribution in [0.15, 0.2) is 168 Å². The summed E-state index contributed by atoms with van der Waals surface area (Å²) >= 11 is 0. The molecule has 0 bridgehead atoms. The number of aliphatic imine (C=N–C) groups is 2. The van der Waals surface area contributed by atoms with Crippen molar-refractivity contribution in [2.45, 2.75) is 50.6 Å². The van der Waals surface area contributed by atoms with Crippen molar-refractivity contribution < 1.29 is 9.84 Å². The van der Waals surface area contributed by atoms with E-state index in [1.807, 2.05) is 12.4 Å². The largest absolute Gasteiger partial charge is 0.507 e. The smallest absolute Gasteiger partial charge is 0.136 e. The van der Waals surface area contributed by atoms with E-state index in [9.17, 15) is 5.11 Å². The van der Waals surface area contributed by atoms with Crippen LogP contribution in [0.5, 0.6) is 11.5 Å². The van der Waals surface area contributed by atoms with E-state index in [1.54, 1.807) is 7.11 Å². The third kappa shape index (κ3) is 6.79. The molecule has 0 radical (unpaired) electrons. The van der Waals surface area contributed by atoms with Gasteiger partial charge in [-0.2, -0.15) is 0 Å². The third-order valence-electron chi connectivity index (χ3n) is 12.4. The number of hydrogen-bond acceptors (Lipinski definition) is 4.